The monoisotopic (exact) mass is 391 g/mol. The zero-order valence-corrected chi connectivity index (χ0v) is 15.2. The summed E-state index contributed by atoms with van der Waals surface area (Å²) in [4.78, 5) is 31.3. The summed E-state index contributed by atoms with van der Waals surface area (Å²) < 4.78 is 39.2. The number of rotatable bonds is 3. The van der Waals surface area contributed by atoms with Gasteiger partial charge in [-0.1, -0.05) is 0 Å². The second-order valence-electron chi connectivity index (χ2n) is 6.21. The number of amides is 1. The predicted molar refractivity (Wildman–Crippen MR) is 95.6 cm³/mol. The Morgan fingerprint density at radius 2 is 1.79 bits per heavy atom. The summed E-state index contributed by atoms with van der Waals surface area (Å²) in [7, 11) is 0. The molecular formula is C18H16F3N5O2. The molecule has 0 atom stereocenters. The van der Waals surface area contributed by atoms with E-state index in [1.54, 1.807) is 26.8 Å². The second kappa shape index (κ2) is 6.95. The number of nitrogens with zero attached hydrogens (tertiary/aromatic N) is 3. The summed E-state index contributed by atoms with van der Waals surface area (Å²) in [6, 6.07) is 5.39. The van der Waals surface area contributed by atoms with E-state index in [0.29, 0.717) is 17.0 Å². The quantitative estimate of drug-likeness (QED) is 0.717. The van der Waals surface area contributed by atoms with Crippen molar-refractivity contribution in [1.82, 2.24) is 19.7 Å². The highest BCUT2D eigenvalue weighted by atomic mass is 19.4. The Labute approximate surface area is 157 Å². The summed E-state index contributed by atoms with van der Waals surface area (Å²) >= 11 is 0. The second-order valence-corrected chi connectivity index (χ2v) is 6.21. The lowest BCUT2D eigenvalue weighted by molar-refractivity contribution is -0.137. The van der Waals surface area contributed by atoms with E-state index < -0.39 is 17.6 Å². The number of alkyl halides is 3. The van der Waals surface area contributed by atoms with Gasteiger partial charge in [0.2, 0.25) is 5.95 Å². The molecule has 0 bridgehead atoms. The van der Waals surface area contributed by atoms with Crippen molar-refractivity contribution in [2.45, 2.75) is 26.9 Å². The van der Waals surface area contributed by atoms with E-state index in [2.05, 4.69) is 20.4 Å². The molecule has 0 radical (unpaired) electrons. The highest BCUT2D eigenvalue weighted by molar-refractivity contribution is 6.04. The van der Waals surface area contributed by atoms with Crippen LogP contribution in [-0.2, 0) is 6.18 Å². The van der Waals surface area contributed by atoms with Gasteiger partial charge in [0, 0.05) is 22.9 Å². The molecule has 1 amide bonds. The number of hydrogen-bond donors (Lipinski definition) is 2. The minimum absolute atomic E-state index is 0.0416. The van der Waals surface area contributed by atoms with Crippen LogP contribution in [0.3, 0.4) is 0 Å². The maximum atomic E-state index is 12.7. The van der Waals surface area contributed by atoms with Gasteiger partial charge in [0.05, 0.1) is 11.3 Å². The molecule has 0 aliphatic carbocycles. The first kappa shape index (κ1) is 19.3. The van der Waals surface area contributed by atoms with Crippen LogP contribution in [0.4, 0.5) is 19.0 Å². The highest BCUT2D eigenvalue weighted by Gasteiger charge is 2.30. The molecule has 28 heavy (non-hydrogen) atoms. The fraction of sp³-hybridized carbons (Fsp3) is 0.222. The molecule has 2 heterocycles. The van der Waals surface area contributed by atoms with Crippen LogP contribution >= 0.6 is 0 Å². The van der Waals surface area contributed by atoms with E-state index in [-0.39, 0.29) is 22.9 Å². The van der Waals surface area contributed by atoms with Crippen LogP contribution in [0.1, 0.15) is 32.9 Å². The maximum Gasteiger partial charge on any atom is 0.416 e. The minimum Gasteiger partial charge on any atom is -0.306 e. The van der Waals surface area contributed by atoms with Crippen LogP contribution in [0.2, 0.25) is 0 Å². The number of benzene rings is 1. The maximum absolute atomic E-state index is 12.7. The molecule has 0 spiro atoms. The van der Waals surface area contributed by atoms with Crippen LogP contribution in [-0.4, -0.2) is 25.7 Å². The van der Waals surface area contributed by atoms with Crippen molar-refractivity contribution in [3.05, 3.63) is 68.8 Å². The summed E-state index contributed by atoms with van der Waals surface area (Å²) in [5, 5.41) is 6.78. The van der Waals surface area contributed by atoms with Crippen LogP contribution < -0.4 is 10.9 Å². The van der Waals surface area contributed by atoms with Crippen LogP contribution in [0.5, 0.6) is 0 Å². The third kappa shape index (κ3) is 3.80. The lowest BCUT2D eigenvalue weighted by Crippen LogP contribution is -2.21. The molecule has 0 unspecified atom stereocenters. The summed E-state index contributed by atoms with van der Waals surface area (Å²) in [5.74, 6) is -0.293. The largest absolute Gasteiger partial charge is 0.416 e. The van der Waals surface area contributed by atoms with Crippen LogP contribution in [0.15, 0.2) is 35.1 Å². The van der Waals surface area contributed by atoms with Gasteiger partial charge in [-0.25, -0.2) is 4.98 Å². The van der Waals surface area contributed by atoms with Gasteiger partial charge in [-0.2, -0.15) is 23.0 Å². The Hall–Kier alpha value is -3.43. The normalized spacial score (nSPS) is 11.5. The Balaban J connectivity index is 1.92. The van der Waals surface area contributed by atoms with Crippen molar-refractivity contribution in [3.8, 4) is 5.95 Å². The molecule has 3 aromatic rings. The Bertz CT molecular complexity index is 1100. The lowest BCUT2D eigenvalue weighted by atomic mass is 10.1. The first-order chi connectivity index (χ1) is 13.1. The van der Waals surface area contributed by atoms with Crippen molar-refractivity contribution in [2.75, 3.05) is 5.32 Å². The van der Waals surface area contributed by atoms with Crippen molar-refractivity contribution < 1.29 is 18.0 Å². The number of carbonyl (C=O) groups is 1. The average Bonchev–Trinajstić information content (AvgIpc) is 2.98. The molecule has 1 aromatic carbocycles. The Morgan fingerprint density at radius 1 is 1.14 bits per heavy atom. The van der Waals surface area contributed by atoms with E-state index in [0.717, 1.165) is 24.3 Å². The number of carbonyl (C=O) groups excluding carboxylic acids is 1. The van der Waals surface area contributed by atoms with Crippen molar-refractivity contribution in [1.29, 1.82) is 0 Å². The molecule has 0 aliphatic rings. The molecule has 0 fully saturated rings. The van der Waals surface area contributed by atoms with Gasteiger partial charge in [-0.05, 0) is 45.0 Å². The standard InChI is InChI=1S/C18H16F3N5O2/c1-9-8-14(26(25-9)17-22-11(3)10(2)15(27)24-17)23-16(28)12-4-6-13(7-5-12)18(19,20)21/h4-8H,1-3H3,(H,23,28)(H,22,24,27). The summed E-state index contributed by atoms with van der Waals surface area (Å²) in [6.07, 6.45) is -4.48. The molecule has 7 nitrogen and oxygen atoms in total. The van der Waals surface area contributed by atoms with Gasteiger partial charge < -0.3 is 5.32 Å². The van der Waals surface area contributed by atoms with Gasteiger partial charge in [0.15, 0.2) is 0 Å². The molecule has 0 saturated heterocycles. The van der Waals surface area contributed by atoms with Gasteiger partial charge in [0.25, 0.3) is 11.5 Å². The van der Waals surface area contributed by atoms with Gasteiger partial charge in [-0.15, -0.1) is 0 Å². The van der Waals surface area contributed by atoms with E-state index in [4.69, 9.17) is 0 Å². The number of nitrogens with one attached hydrogen (secondary N) is 2. The zero-order valence-electron chi connectivity index (χ0n) is 15.2. The van der Waals surface area contributed by atoms with E-state index >= 15 is 0 Å². The molecule has 2 aromatic heterocycles. The molecular weight excluding hydrogens is 375 g/mol. The molecule has 2 N–H and O–H groups in total. The number of aromatic amines is 1. The fourth-order valence-corrected chi connectivity index (χ4v) is 2.48. The predicted octanol–water partition coefficient (Wildman–Crippen LogP) is 3.15. The lowest BCUT2D eigenvalue weighted by Gasteiger charge is -2.10. The molecule has 3 rings (SSSR count). The van der Waals surface area contributed by atoms with Gasteiger partial charge in [0.1, 0.15) is 5.82 Å². The van der Waals surface area contributed by atoms with Crippen molar-refractivity contribution >= 4 is 11.7 Å². The van der Waals surface area contributed by atoms with E-state index in [1.807, 2.05) is 0 Å². The third-order valence-electron chi connectivity index (χ3n) is 4.13. The summed E-state index contributed by atoms with van der Waals surface area (Å²) in [6.45, 7) is 4.99. The van der Waals surface area contributed by atoms with Gasteiger partial charge >= 0.3 is 6.18 Å². The fourth-order valence-electron chi connectivity index (χ4n) is 2.48. The number of hydrogen-bond acceptors (Lipinski definition) is 4. The number of halogens is 3. The third-order valence-corrected chi connectivity index (χ3v) is 4.13. The molecule has 0 aliphatic heterocycles. The first-order valence-corrected chi connectivity index (χ1v) is 8.19. The highest BCUT2D eigenvalue weighted by Crippen LogP contribution is 2.29. The number of aryl methyl sites for hydroxylation is 2. The number of anilines is 1. The molecule has 0 saturated carbocycles. The Kier molecular flexibility index (Phi) is 4.80. The number of aromatic nitrogens is 4. The average molecular weight is 391 g/mol. The molecule has 146 valence electrons. The zero-order chi connectivity index (χ0) is 20.6. The van der Waals surface area contributed by atoms with Gasteiger partial charge in [-0.3, -0.25) is 14.6 Å². The summed E-state index contributed by atoms with van der Waals surface area (Å²) in [5.41, 5.74) is 0.371. The SMILES string of the molecule is Cc1cc(NC(=O)c2ccc(C(F)(F)F)cc2)n(-c2nc(C)c(C)c(=O)[nH]2)n1. The number of H-pyrrole nitrogens is 1. The van der Waals surface area contributed by atoms with Crippen LogP contribution in [0, 0.1) is 20.8 Å². The smallest absolute Gasteiger partial charge is 0.306 e. The van der Waals surface area contributed by atoms with Crippen molar-refractivity contribution in [2.24, 2.45) is 0 Å². The van der Waals surface area contributed by atoms with E-state index in [1.165, 1.54) is 4.68 Å². The Morgan fingerprint density at radius 3 is 2.36 bits per heavy atom. The molecule has 10 heteroatoms. The minimum atomic E-state index is -4.48. The first-order valence-electron chi connectivity index (χ1n) is 8.19. The topological polar surface area (TPSA) is 92.7 Å². The van der Waals surface area contributed by atoms with Crippen LogP contribution in [0.25, 0.3) is 5.95 Å². The van der Waals surface area contributed by atoms with E-state index in [9.17, 15) is 22.8 Å². The van der Waals surface area contributed by atoms with Crippen molar-refractivity contribution in [3.63, 3.8) is 0 Å².